The molecule has 1 aromatic rings. The van der Waals surface area contributed by atoms with Crippen molar-refractivity contribution in [3.63, 3.8) is 0 Å². The smallest absolute Gasteiger partial charge is 0.345 e. The van der Waals surface area contributed by atoms with E-state index >= 15 is 0 Å². The molecule has 0 bridgehead atoms. The molecule has 0 saturated carbocycles. The normalized spacial score (nSPS) is 21.4. The Labute approximate surface area is 80.8 Å². The number of aromatic nitrogens is 3. The van der Waals surface area contributed by atoms with Gasteiger partial charge in [-0.25, -0.2) is 14.5 Å². The molecule has 14 heavy (non-hydrogen) atoms. The summed E-state index contributed by atoms with van der Waals surface area (Å²) in [5, 5.41) is 6.03. The maximum absolute atomic E-state index is 11.0. The van der Waals surface area contributed by atoms with E-state index in [1.807, 2.05) is 0 Å². The van der Waals surface area contributed by atoms with Gasteiger partial charge in [-0.2, -0.15) is 0 Å². The SMILES string of the molecule is Cn1c(OCC2CCCO2)n[nH]c1=O. The lowest BCUT2D eigenvalue weighted by molar-refractivity contribution is 0.0632. The first-order chi connectivity index (χ1) is 6.77. The second-order valence-corrected chi connectivity index (χ2v) is 3.32. The minimum atomic E-state index is -0.271. The molecule has 1 aliphatic rings. The standard InChI is InChI=1S/C8H13N3O3/c1-11-7(12)9-10-8(11)14-5-6-3-2-4-13-6/h6H,2-5H2,1H3,(H,9,12). The second kappa shape index (κ2) is 3.83. The van der Waals surface area contributed by atoms with Gasteiger partial charge >= 0.3 is 11.7 Å². The van der Waals surface area contributed by atoms with E-state index in [0.717, 1.165) is 19.4 Å². The number of nitrogens with one attached hydrogen (secondary N) is 1. The highest BCUT2D eigenvalue weighted by Gasteiger charge is 2.17. The maximum atomic E-state index is 11.0. The van der Waals surface area contributed by atoms with Gasteiger partial charge in [0.15, 0.2) is 0 Å². The van der Waals surface area contributed by atoms with Crippen LogP contribution in [-0.4, -0.2) is 34.1 Å². The summed E-state index contributed by atoms with van der Waals surface area (Å²) in [4.78, 5) is 11.0. The summed E-state index contributed by atoms with van der Waals surface area (Å²) in [6, 6.07) is 0.311. The van der Waals surface area contributed by atoms with Crippen molar-refractivity contribution < 1.29 is 9.47 Å². The molecule has 1 saturated heterocycles. The van der Waals surface area contributed by atoms with Crippen molar-refractivity contribution in [1.82, 2.24) is 14.8 Å². The lowest BCUT2D eigenvalue weighted by atomic mass is 10.2. The number of H-pyrrole nitrogens is 1. The number of nitrogens with zero attached hydrogens (tertiary/aromatic N) is 2. The number of hydrogen-bond acceptors (Lipinski definition) is 4. The molecule has 1 atom stereocenters. The van der Waals surface area contributed by atoms with Gasteiger partial charge in [0.1, 0.15) is 6.61 Å². The van der Waals surface area contributed by atoms with Crippen molar-refractivity contribution in [2.24, 2.45) is 7.05 Å². The van der Waals surface area contributed by atoms with Crippen LogP contribution < -0.4 is 10.4 Å². The predicted octanol–water partition coefficient (Wildman–Crippen LogP) is -0.334. The molecule has 6 nitrogen and oxygen atoms in total. The van der Waals surface area contributed by atoms with E-state index in [9.17, 15) is 4.79 Å². The van der Waals surface area contributed by atoms with Crippen molar-refractivity contribution in [1.29, 1.82) is 0 Å². The van der Waals surface area contributed by atoms with Crippen LogP contribution in [0.5, 0.6) is 6.01 Å². The molecule has 1 fully saturated rings. The molecule has 0 aliphatic carbocycles. The fourth-order valence-corrected chi connectivity index (χ4v) is 1.40. The van der Waals surface area contributed by atoms with E-state index in [4.69, 9.17) is 9.47 Å². The quantitative estimate of drug-likeness (QED) is 0.723. The van der Waals surface area contributed by atoms with Crippen LogP contribution in [0.15, 0.2) is 4.79 Å². The Kier molecular flexibility index (Phi) is 2.53. The Morgan fingerprint density at radius 1 is 1.79 bits per heavy atom. The molecule has 0 amide bonds. The van der Waals surface area contributed by atoms with E-state index in [1.165, 1.54) is 4.57 Å². The highest BCUT2D eigenvalue weighted by Crippen LogP contribution is 2.12. The van der Waals surface area contributed by atoms with Gasteiger partial charge in [0.2, 0.25) is 0 Å². The van der Waals surface area contributed by atoms with Gasteiger partial charge in [0, 0.05) is 13.7 Å². The summed E-state index contributed by atoms with van der Waals surface area (Å²) in [5.41, 5.74) is -0.271. The molecule has 6 heteroatoms. The molecule has 2 rings (SSSR count). The number of rotatable bonds is 3. The Balaban J connectivity index is 1.91. The van der Waals surface area contributed by atoms with Crippen molar-refractivity contribution in [2.45, 2.75) is 18.9 Å². The van der Waals surface area contributed by atoms with E-state index in [-0.39, 0.29) is 11.8 Å². The second-order valence-electron chi connectivity index (χ2n) is 3.32. The average molecular weight is 199 g/mol. The van der Waals surface area contributed by atoms with Gasteiger partial charge in [-0.1, -0.05) is 0 Å². The zero-order valence-electron chi connectivity index (χ0n) is 8.02. The van der Waals surface area contributed by atoms with Crippen molar-refractivity contribution in [2.75, 3.05) is 13.2 Å². The Morgan fingerprint density at radius 2 is 2.64 bits per heavy atom. The Bertz CT molecular complexity index is 351. The first-order valence-corrected chi connectivity index (χ1v) is 4.63. The predicted molar refractivity (Wildman–Crippen MR) is 48.3 cm³/mol. The van der Waals surface area contributed by atoms with Crippen molar-refractivity contribution in [3.05, 3.63) is 10.5 Å². The van der Waals surface area contributed by atoms with Gasteiger partial charge < -0.3 is 9.47 Å². The molecule has 78 valence electrons. The van der Waals surface area contributed by atoms with Crippen LogP contribution in [0.3, 0.4) is 0 Å². The molecule has 1 aliphatic heterocycles. The third kappa shape index (κ3) is 1.79. The van der Waals surface area contributed by atoms with Gasteiger partial charge in [-0.05, 0) is 12.8 Å². The largest absolute Gasteiger partial charge is 0.461 e. The van der Waals surface area contributed by atoms with Crippen LogP contribution in [0.25, 0.3) is 0 Å². The monoisotopic (exact) mass is 199 g/mol. The fraction of sp³-hybridized carbons (Fsp3) is 0.750. The summed E-state index contributed by atoms with van der Waals surface area (Å²) in [6.45, 7) is 1.26. The maximum Gasteiger partial charge on any atom is 0.345 e. The summed E-state index contributed by atoms with van der Waals surface area (Å²) in [6.07, 6.45) is 2.23. The van der Waals surface area contributed by atoms with Gasteiger partial charge in [-0.15, -0.1) is 5.10 Å². The van der Waals surface area contributed by atoms with Gasteiger partial charge in [-0.3, -0.25) is 0 Å². The molecular weight excluding hydrogens is 186 g/mol. The van der Waals surface area contributed by atoms with Gasteiger partial charge in [0.05, 0.1) is 6.10 Å². The zero-order valence-corrected chi connectivity index (χ0v) is 8.02. The number of hydrogen-bond donors (Lipinski definition) is 1. The van der Waals surface area contributed by atoms with Crippen LogP contribution in [-0.2, 0) is 11.8 Å². The lowest BCUT2D eigenvalue weighted by Gasteiger charge is -2.09. The zero-order chi connectivity index (χ0) is 9.97. The molecule has 2 heterocycles. The van der Waals surface area contributed by atoms with Gasteiger partial charge in [0.25, 0.3) is 0 Å². The molecule has 0 radical (unpaired) electrons. The number of aromatic amines is 1. The summed E-state index contributed by atoms with van der Waals surface area (Å²) >= 11 is 0. The highest BCUT2D eigenvalue weighted by molar-refractivity contribution is 4.91. The molecule has 0 spiro atoms. The molecule has 1 N–H and O–H groups in total. The molecule has 1 aromatic heterocycles. The van der Waals surface area contributed by atoms with E-state index < -0.39 is 0 Å². The number of ether oxygens (including phenoxy) is 2. The van der Waals surface area contributed by atoms with Crippen LogP contribution in [0, 0.1) is 0 Å². The first-order valence-electron chi connectivity index (χ1n) is 4.63. The third-order valence-corrected chi connectivity index (χ3v) is 2.26. The van der Waals surface area contributed by atoms with E-state index in [2.05, 4.69) is 10.2 Å². The van der Waals surface area contributed by atoms with Crippen molar-refractivity contribution in [3.8, 4) is 6.01 Å². The Hall–Kier alpha value is -1.30. The fourth-order valence-electron chi connectivity index (χ4n) is 1.40. The lowest BCUT2D eigenvalue weighted by Crippen LogP contribution is -2.19. The average Bonchev–Trinajstić information content (AvgIpc) is 2.77. The molecule has 0 aromatic carbocycles. The summed E-state index contributed by atoms with van der Waals surface area (Å²) in [7, 11) is 1.61. The molecule has 1 unspecified atom stereocenters. The summed E-state index contributed by atoms with van der Waals surface area (Å²) in [5.74, 6) is 0. The summed E-state index contributed by atoms with van der Waals surface area (Å²) < 4.78 is 12.0. The van der Waals surface area contributed by atoms with Crippen LogP contribution in [0.2, 0.25) is 0 Å². The minimum Gasteiger partial charge on any atom is -0.461 e. The minimum absolute atomic E-state index is 0.141. The highest BCUT2D eigenvalue weighted by atomic mass is 16.5. The van der Waals surface area contributed by atoms with Crippen LogP contribution in [0.1, 0.15) is 12.8 Å². The topological polar surface area (TPSA) is 69.1 Å². The van der Waals surface area contributed by atoms with Crippen molar-refractivity contribution >= 4 is 0 Å². The van der Waals surface area contributed by atoms with E-state index in [1.54, 1.807) is 7.05 Å². The Morgan fingerprint density at radius 3 is 3.21 bits per heavy atom. The van der Waals surface area contributed by atoms with Crippen LogP contribution >= 0.6 is 0 Å². The van der Waals surface area contributed by atoms with Crippen LogP contribution in [0.4, 0.5) is 0 Å². The first kappa shape index (κ1) is 9.26. The third-order valence-electron chi connectivity index (χ3n) is 2.26. The van der Waals surface area contributed by atoms with E-state index in [0.29, 0.717) is 12.6 Å². The molecular formula is C8H13N3O3.